The molecule has 2 aromatic carbocycles. The Bertz CT molecular complexity index is 467. The van der Waals surface area contributed by atoms with Crippen LogP contribution >= 0.6 is 11.6 Å². The van der Waals surface area contributed by atoms with Gasteiger partial charge in [-0.1, -0.05) is 42.5 Å². The molecule has 0 aliphatic heterocycles. The lowest BCUT2D eigenvalue weighted by atomic mass is 9.93. The van der Waals surface area contributed by atoms with Crippen LogP contribution in [0.25, 0.3) is 0 Å². The van der Waals surface area contributed by atoms with Crippen molar-refractivity contribution >= 4 is 11.6 Å². The van der Waals surface area contributed by atoms with E-state index in [1.807, 2.05) is 24.3 Å². The molecule has 0 aromatic heterocycles. The largest absolute Gasteiger partial charge is 0.207 e. The highest BCUT2D eigenvalue weighted by Gasteiger charge is 2.11. The van der Waals surface area contributed by atoms with Gasteiger partial charge in [0.2, 0.25) is 0 Å². The standard InChI is InChI=1S/C15H14ClF/c16-11-14(9-12-5-2-1-3-6-12)13-7-4-8-15(17)10-13/h1-8,10,14H,9,11H2. The van der Waals surface area contributed by atoms with Crippen LogP contribution in [0, 0.1) is 5.82 Å². The van der Waals surface area contributed by atoms with Crippen molar-refractivity contribution < 1.29 is 4.39 Å². The summed E-state index contributed by atoms with van der Waals surface area (Å²) in [6.45, 7) is 0. The molecule has 0 aliphatic carbocycles. The van der Waals surface area contributed by atoms with Gasteiger partial charge in [0.05, 0.1) is 0 Å². The Morgan fingerprint density at radius 2 is 1.76 bits per heavy atom. The van der Waals surface area contributed by atoms with Gasteiger partial charge in [-0.2, -0.15) is 0 Å². The molecule has 0 amide bonds. The third-order valence-electron chi connectivity index (χ3n) is 2.83. The summed E-state index contributed by atoms with van der Waals surface area (Å²) in [7, 11) is 0. The molecule has 0 radical (unpaired) electrons. The van der Waals surface area contributed by atoms with Crippen molar-refractivity contribution in [1.82, 2.24) is 0 Å². The third-order valence-corrected chi connectivity index (χ3v) is 3.20. The van der Waals surface area contributed by atoms with Crippen LogP contribution in [0.4, 0.5) is 4.39 Å². The summed E-state index contributed by atoms with van der Waals surface area (Å²) in [5.74, 6) is 0.457. The highest BCUT2D eigenvalue weighted by atomic mass is 35.5. The molecule has 1 atom stereocenters. The van der Waals surface area contributed by atoms with E-state index in [4.69, 9.17) is 11.6 Å². The molecule has 0 spiro atoms. The first-order valence-electron chi connectivity index (χ1n) is 5.65. The quantitative estimate of drug-likeness (QED) is 0.704. The molecule has 0 N–H and O–H groups in total. The van der Waals surface area contributed by atoms with E-state index in [2.05, 4.69) is 12.1 Å². The minimum absolute atomic E-state index is 0.162. The lowest BCUT2D eigenvalue weighted by Gasteiger charge is -2.14. The maximum atomic E-state index is 13.2. The highest BCUT2D eigenvalue weighted by Crippen LogP contribution is 2.22. The van der Waals surface area contributed by atoms with Gasteiger partial charge in [-0.25, -0.2) is 4.39 Å². The van der Waals surface area contributed by atoms with Crippen molar-refractivity contribution in [1.29, 1.82) is 0 Å². The molecule has 0 fully saturated rings. The summed E-state index contributed by atoms with van der Waals surface area (Å²) in [5, 5.41) is 0. The van der Waals surface area contributed by atoms with Crippen molar-refractivity contribution in [3.8, 4) is 0 Å². The predicted molar refractivity (Wildman–Crippen MR) is 70.0 cm³/mol. The smallest absolute Gasteiger partial charge is 0.123 e. The minimum Gasteiger partial charge on any atom is -0.207 e. The molecule has 0 aliphatic rings. The van der Waals surface area contributed by atoms with Crippen LogP contribution in [0.3, 0.4) is 0 Å². The van der Waals surface area contributed by atoms with Gasteiger partial charge >= 0.3 is 0 Å². The van der Waals surface area contributed by atoms with Crippen LogP contribution in [0.2, 0.25) is 0 Å². The van der Waals surface area contributed by atoms with Crippen molar-refractivity contribution in [2.24, 2.45) is 0 Å². The molecule has 2 aromatic rings. The average Bonchev–Trinajstić information content (AvgIpc) is 2.37. The van der Waals surface area contributed by atoms with E-state index in [9.17, 15) is 4.39 Å². The second-order valence-electron chi connectivity index (χ2n) is 4.10. The Morgan fingerprint density at radius 1 is 1.00 bits per heavy atom. The van der Waals surface area contributed by atoms with E-state index in [-0.39, 0.29) is 11.7 Å². The zero-order valence-electron chi connectivity index (χ0n) is 9.44. The zero-order valence-corrected chi connectivity index (χ0v) is 10.2. The molecule has 17 heavy (non-hydrogen) atoms. The molecular weight excluding hydrogens is 235 g/mol. The summed E-state index contributed by atoms with van der Waals surface area (Å²) in [6.07, 6.45) is 0.841. The van der Waals surface area contributed by atoms with Crippen LogP contribution < -0.4 is 0 Å². The van der Waals surface area contributed by atoms with Crippen LogP contribution in [-0.4, -0.2) is 5.88 Å². The first-order chi connectivity index (χ1) is 8.29. The number of rotatable bonds is 4. The molecule has 0 heterocycles. The minimum atomic E-state index is -0.203. The van der Waals surface area contributed by atoms with Gasteiger partial charge in [0.15, 0.2) is 0 Å². The molecule has 1 unspecified atom stereocenters. The summed E-state index contributed by atoms with van der Waals surface area (Å²) >= 11 is 5.98. The van der Waals surface area contributed by atoms with Crippen molar-refractivity contribution in [3.05, 3.63) is 71.5 Å². The molecule has 0 nitrogen and oxygen atoms in total. The van der Waals surface area contributed by atoms with Gasteiger partial charge in [0, 0.05) is 11.8 Å². The second-order valence-corrected chi connectivity index (χ2v) is 4.40. The Morgan fingerprint density at radius 3 is 2.41 bits per heavy atom. The molecule has 2 rings (SSSR count). The second kappa shape index (κ2) is 5.83. The van der Waals surface area contributed by atoms with E-state index in [0.717, 1.165) is 12.0 Å². The zero-order chi connectivity index (χ0) is 12.1. The van der Waals surface area contributed by atoms with Gasteiger partial charge in [-0.15, -0.1) is 11.6 Å². The maximum Gasteiger partial charge on any atom is 0.123 e. The Balaban J connectivity index is 2.17. The molecule has 2 heteroatoms. The fraction of sp³-hybridized carbons (Fsp3) is 0.200. The Labute approximate surface area is 106 Å². The molecular formula is C15H14ClF. The van der Waals surface area contributed by atoms with Crippen molar-refractivity contribution in [3.63, 3.8) is 0 Å². The van der Waals surface area contributed by atoms with Gasteiger partial charge in [0.25, 0.3) is 0 Å². The third kappa shape index (κ3) is 3.31. The molecule has 88 valence electrons. The van der Waals surface area contributed by atoms with Gasteiger partial charge in [-0.3, -0.25) is 0 Å². The van der Waals surface area contributed by atoms with Crippen LogP contribution in [-0.2, 0) is 6.42 Å². The summed E-state index contributed by atoms with van der Waals surface area (Å²) in [5.41, 5.74) is 2.19. The van der Waals surface area contributed by atoms with Crippen LogP contribution in [0.1, 0.15) is 17.0 Å². The van der Waals surface area contributed by atoms with Crippen molar-refractivity contribution in [2.75, 3.05) is 5.88 Å². The Hall–Kier alpha value is -1.34. The lowest BCUT2D eigenvalue weighted by Crippen LogP contribution is -2.05. The van der Waals surface area contributed by atoms with E-state index in [1.54, 1.807) is 12.1 Å². The monoisotopic (exact) mass is 248 g/mol. The number of halogens is 2. The van der Waals surface area contributed by atoms with Gasteiger partial charge < -0.3 is 0 Å². The van der Waals surface area contributed by atoms with E-state index < -0.39 is 0 Å². The topological polar surface area (TPSA) is 0 Å². The molecule has 0 saturated heterocycles. The van der Waals surface area contributed by atoms with Gasteiger partial charge in [-0.05, 0) is 29.7 Å². The van der Waals surface area contributed by atoms with E-state index in [1.165, 1.54) is 11.6 Å². The number of hydrogen-bond acceptors (Lipinski definition) is 0. The maximum absolute atomic E-state index is 13.2. The fourth-order valence-corrected chi connectivity index (χ4v) is 2.21. The van der Waals surface area contributed by atoms with E-state index >= 15 is 0 Å². The first kappa shape index (κ1) is 12.1. The predicted octanol–water partition coefficient (Wildman–Crippen LogP) is 4.39. The summed E-state index contributed by atoms with van der Waals surface area (Å²) in [6, 6.07) is 16.8. The van der Waals surface area contributed by atoms with Gasteiger partial charge in [0.1, 0.15) is 5.82 Å². The molecule has 0 bridgehead atoms. The number of benzene rings is 2. The first-order valence-corrected chi connectivity index (χ1v) is 6.18. The number of hydrogen-bond donors (Lipinski definition) is 0. The van der Waals surface area contributed by atoms with Crippen molar-refractivity contribution in [2.45, 2.75) is 12.3 Å². The van der Waals surface area contributed by atoms with Crippen LogP contribution in [0.15, 0.2) is 54.6 Å². The Kier molecular flexibility index (Phi) is 4.16. The molecule has 0 saturated carbocycles. The average molecular weight is 249 g/mol. The lowest BCUT2D eigenvalue weighted by molar-refractivity contribution is 0.621. The van der Waals surface area contributed by atoms with E-state index in [0.29, 0.717) is 5.88 Å². The fourth-order valence-electron chi connectivity index (χ4n) is 1.92. The normalized spacial score (nSPS) is 12.4. The highest BCUT2D eigenvalue weighted by molar-refractivity contribution is 6.18. The summed E-state index contributed by atoms with van der Waals surface area (Å²) in [4.78, 5) is 0. The summed E-state index contributed by atoms with van der Waals surface area (Å²) < 4.78 is 13.2. The van der Waals surface area contributed by atoms with Crippen LogP contribution in [0.5, 0.6) is 0 Å². The number of alkyl halides is 1. The SMILES string of the molecule is Fc1cccc(C(CCl)Cc2ccccc2)c1.